The second kappa shape index (κ2) is 6.86. The maximum absolute atomic E-state index is 12.5. The molecule has 6 nitrogen and oxygen atoms in total. The van der Waals surface area contributed by atoms with Gasteiger partial charge in [0.1, 0.15) is 0 Å². The number of pyridine rings is 1. The second-order valence-electron chi connectivity index (χ2n) is 7.00. The van der Waals surface area contributed by atoms with Crippen LogP contribution in [-0.4, -0.2) is 34.2 Å². The Bertz CT molecular complexity index is 850. The topological polar surface area (TPSA) is 79.4 Å². The van der Waals surface area contributed by atoms with E-state index in [-0.39, 0.29) is 42.5 Å². The number of nitrogens with zero attached hydrogens (tertiary/aromatic N) is 2. The van der Waals surface area contributed by atoms with Crippen LogP contribution < -0.4 is 5.32 Å². The van der Waals surface area contributed by atoms with Crippen molar-refractivity contribution < 1.29 is 14.4 Å². The first-order valence-corrected chi connectivity index (χ1v) is 9.14. The minimum absolute atomic E-state index is 0.0955. The number of fused-ring (bicyclic) bond motifs is 2. The molecule has 6 heteroatoms. The van der Waals surface area contributed by atoms with Gasteiger partial charge in [-0.1, -0.05) is 18.9 Å². The zero-order valence-electron chi connectivity index (χ0n) is 14.5. The van der Waals surface area contributed by atoms with Crippen LogP contribution in [-0.2, 0) is 14.4 Å². The van der Waals surface area contributed by atoms with Gasteiger partial charge in [-0.25, -0.2) is 0 Å². The highest BCUT2D eigenvalue weighted by Crippen LogP contribution is 2.38. The van der Waals surface area contributed by atoms with E-state index < -0.39 is 0 Å². The molecule has 1 aromatic heterocycles. The molecular weight excluding hydrogens is 330 g/mol. The number of anilines is 1. The average Bonchev–Trinajstić information content (AvgIpc) is 2.91. The molecule has 2 aliphatic rings. The first-order chi connectivity index (χ1) is 12.6. The molecule has 1 aliphatic carbocycles. The molecule has 1 N–H and O–H groups in total. The lowest BCUT2D eigenvalue weighted by Crippen LogP contribution is -2.34. The maximum Gasteiger partial charge on any atom is 0.233 e. The number of rotatable bonds is 4. The van der Waals surface area contributed by atoms with E-state index in [0.29, 0.717) is 5.69 Å². The van der Waals surface area contributed by atoms with Gasteiger partial charge in [0.25, 0.3) is 0 Å². The molecule has 2 fully saturated rings. The molecule has 0 unspecified atom stereocenters. The molecule has 0 bridgehead atoms. The van der Waals surface area contributed by atoms with Crippen LogP contribution >= 0.6 is 0 Å². The van der Waals surface area contributed by atoms with Crippen LogP contribution in [0.3, 0.4) is 0 Å². The Balaban J connectivity index is 1.41. The first kappa shape index (κ1) is 16.7. The third-order valence-corrected chi connectivity index (χ3v) is 5.41. The molecule has 1 saturated carbocycles. The quantitative estimate of drug-likeness (QED) is 0.859. The predicted octanol–water partition coefficient (Wildman–Crippen LogP) is 2.74. The number of carbonyl (C=O) groups excluding carboxylic acids is 3. The predicted molar refractivity (Wildman–Crippen MR) is 97.2 cm³/mol. The highest BCUT2D eigenvalue weighted by Gasteiger charge is 2.47. The summed E-state index contributed by atoms with van der Waals surface area (Å²) in [7, 11) is 0. The normalized spacial score (nSPS) is 22.5. The van der Waals surface area contributed by atoms with Crippen LogP contribution in [0.2, 0.25) is 0 Å². The fourth-order valence-electron chi connectivity index (χ4n) is 4.09. The number of hydrogen-bond donors (Lipinski definition) is 1. The molecule has 1 saturated heterocycles. The van der Waals surface area contributed by atoms with Gasteiger partial charge in [-0.05, 0) is 37.1 Å². The molecule has 2 atom stereocenters. The number of hydrogen-bond acceptors (Lipinski definition) is 4. The van der Waals surface area contributed by atoms with Gasteiger partial charge in [0.2, 0.25) is 17.7 Å². The van der Waals surface area contributed by atoms with Crippen molar-refractivity contribution in [1.29, 1.82) is 0 Å². The van der Waals surface area contributed by atoms with Crippen molar-refractivity contribution in [2.75, 3.05) is 11.9 Å². The van der Waals surface area contributed by atoms with E-state index in [4.69, 9.17) is 0 Å². The summed E-state index contributed by atoms with van der Waals surface area (Å²) in [6.07, 6.45) is 5.40. The molecule has 1 aliphatic heterocycles. The lowest BCUT2D eigenvalue weighted by atomic mass is 9.81. The highest BCUT2D eigenvalue weighted by atomic mass is 16.2. The first-order valence-electron chi connectivity index (χ1n) is 9.14. The third-order valence-electron chi connectivity index (χ3n) is 5.41. The fraction of sp³-hybridized carbons (Fsp3) is 0.400. The van der Waals surface area contributed by atoms with Crippen molar-refractivity contribution in [1.82, 2.24) is 9.88 Å². The van der Waals surface area contributed by atoms with Crippen molar-refractivity contribution in [2.24, 2.45) is 11.8 Å². The van der Waals surface area contributed by atoms with Gasteiger partial charge >= 0.3 is 0 Å². The molecule has 2 heterocycles. The molecule has 0 spiro atoms. The summed E-state index contributed by atoms with van der Waals surface area (Å²) >= 11 is 0. The Morgan fingerprint density at radius 3 is 2.54 bits per heavy atom. The Hall–Kier alpha value is -2.76. The molecular formula is C20H21N3O3. The third kappa shape index (κ3) is 2.96. The SMILES string of the molecule is O=C(CCN1C(=O)[C@H]2CCCC[C@H]2C1=O)Nc1cccc2ncccc12. The van der Waals surface area contributed by atoms with Crippen LogP contribution in [0.4, 0.5) is 5.69 Å². The van der Waals surface area contributed by atoms with Gasteiger partial charge in [0, 0.05) is 24.5 Å². The lowest BCUT2D eigenvalue weighted by Gasteiger charge is -2.19. The molecule has 0 radical (unpaired) electrons. The smallest absolute Gasteiger partial charge is 0.233 e. The number of carbonyl (C=O) groups is 3. The second-order valence-corrected chi connectivity index (χ2v) is 7.00. The van der Waals surface area contributed by atoms with Crippen LogP contribution in [0.15, 0.2) is 36.5 Å². The van der Waals surface area contributed by atoms with E-state index in [1.807, 2.05) is 30.3 Å². The molecule has 4 rings (SSSR count). The molecule has 134 valence electrons. The summed E-state index contributed by atoms with van der Waals surface area (Å²) < 4.78 is 0. The van der Waals surface area contributed by atoms with Gasteiger partial charge in [-0.15, -0.1) is 0 Å². The van der Waals surface area contributed by atoms with Crippen LogP contribution in [0.25, 0.3) is 10.9 Å². The molecule has 1 aromatic carbocycles. The number of nitrogens with one attached hydrogen (secondary N) is 1. The molecule has 3 amide bonds. The Kier molecular flexibility index (Phi) is 4.41. The van der Waals surface area contributed by atoms with Gasteiger partial charge in [-0.2, -0.15) is 0 Å². The van der Waals surface area contributed by atoms with Crippen molar-refractivity contribution in [2.45, 2.75) is 32.1 Å². The lowest BCUT2D eigenvalue weighted by molar-refractivity contribution is -0.140. The summed E-state index contributed by atoms with van der Waals surface area (Å²) in [6, 6.07) is 9.26. The van der Waals surface area contributed by atoms with E-state index in [9.17, 15) is 14.4 Å². The summed E-state index contributed by atoms with van der Waals surface area (Å²) in [5, 5.41) is 3.74. The number of imide groups is 1. The van der Waals surface area contributed by atoms with E-state index in [0.717, 1.165) is 36.6 Å². The minimum Gasteiger partial charge on any atom is -0.325 e. The van der Waals surface area contributed by atoms with E-state index >= 15 is 0 Å². The van der Waals surface area contributed by atoms with Gasteiger partial charge in [0.05, 0.1) is 23.0 Å². The average molecular weight is 351 g/mol. The maximum atomic E-state index is 12.5. The summed E-state index contributed by atoms with van der Waals surface area (Å²) in [6.45, 7) is 0.152. The number of amides is 3. The Morgan fingerprint density at radius 1 is 1.08 bits per heavy atom. The van der Waals surface area contributed by atoms with Crippen molar-refractivity contribution in [3.63, 3.8) is 0 Å². The zero-order chi connectivity index (χ0) is 18.1. The summed E-state index contributed by atoms with van der Waals surface area (Å²) in [4.78, 5) is 42.8. The Morgan fingerprint density at radius 2 is 1.81 bits per heavy atom. The van der Waals surface area contributed by atoms with Crippen LogP contribution in [0.1, 0.15) is 32.1 Å². The standard InChI is InChI=1S/C20H21N3O3/c24-18(22-17-9-3-8-16-15(17)7-4-11-21-16)10-12-23-19(25)13-5-1-2-6-14(13)20(23)26/h3-4,7-9,11,13-14H,1-2,5-6,10,12H2,(H,22,24)/t13-,14+. The number of benzene rings is 1. The highest BCUT2D eigenvalue weighted by molar-refractivity contribution is 6.06. The van der Waals surface area contributed by atoms with Crippen LogP contribution in [0.5, 0.6) is 0 Å². The van der Waals surface area contributed by atoms with E-state index in [2.05, 4.69) is 10.3 Å². The van der Waals surface area contributed by atoms with Gasteiger partial charge < -0.3 is 5.32 Å². The number of likely N-dealkylation sites (tertiary alicyclic amines) is 1. The summed E-state index contributed by atoms with van der Waals surface area (Å²) in [5.74, 6) is -0.729. The van der Waals surface area contributed by atoms with Crippen LogP contribution in [0, 0.1) is 11.8 Å². The molecule has 26 heavy (non-hydrogen) atoms. The van der Waals surface area contributed by atoms with Crippen molar-refractivity contribution in [3.05, 3.63) is 36.5 Å². The molecule has 2 aromatic rings. The summed E-state index contributed by atoms with van der Waals surface area (Å²) in [5.41, 5.74) is 1.49. The van der Waals surface area contributed by atoms with Crippen molar-refractivity contribution in [3.8, 4) is 0 Å². The zero-order valence-corrected chi connectivity index (χ0v) is 14.5. The van der Waals surface area contributed by atoms with Gasteiger partial charge in [-0.3, -0.25) is 24.3 Å². The van der Waals surface area contributed by atoms with Crippen molar-refractivity contribution >= 4 is 34.3 Å². The van der Waals surface area contributed by atoms with E-state index in [1.54, 1.807) is 6.20 Å². The number of aromatic nitrogens is 1. The monoisotopic (exact) mass is 351 g/mol. The minimum atomic E-state index is -0.211. The van der Waals surface area contributed by atoms with E-state index in [1.165, 1.54) is 4.90 Å². The largest absolute Gasteiger partial charge is 0.325 e. The fourth-order valence-corrected chi connectivity index (χ4v) is 4.09. The Labute approximate surface area is 151 Å². The van der Waals surface area contributed by atoms with Gasteiger partial charge in [0.15, 0.2) is 0 Å².